The summed E-state index contributed by atoms with van der Waals surface area (Å²) in [5.41, 5.74) is -4.07. The van der Waals surface area contributed by atoms with Crippen LogP contribution in [0, 0.1) is 20.2 Å². The summed E-state index contributed by atoms with van der Waals surface area (Å²) in [7, 11) is 0. The number of carbonyl (C=O) groups excluding carboxylic acids is 2. The Morgan fingerprint density at radius 2 is 1.27 bits per heavy atom. The van der Waals surface area contributed by atoms with Crippen LogP contribution in [0.4, 0.5) is 24.5 Å². The molecule has 0 heterocycles. The van der Waals surface area contributed by atoms with E-state index >= 15 is 0 Å². The number of ether oxygens (including phenoxy) is 2. The van der Waals surface area contributed by atoms with Crippen LogP contribution in [0.25, 0.3) is 0 Å². The Kier molecular flexibility index (Phi) is 7.69. The minimum Gasteiger partial charge on any atom is -0.462 e. The normalized spacial score (nSPS) is 13.0. The average molecular weight is 470 g/mol. The molecule has 176 valence electrons. The van der Waals surface area contributed by atoms with Gasteiger partial charge in [0.2, 0.25) is 5.60 Å². The number of rotatable bonds is 9. The zero-order chi connectivity index (χ0) is 24.8. The molecule has 0 spiro atoms. The van der Waals surface area contributed by atoms with Gasteiger partial charge in [-0.1, -0.05) is 6.92 Å². The van der Waals surface area contributed by atoms with Gasteiger partial charge in [0.15, 0.2) is 0 Å². The van der Waals surface area contributed by atoms with Gasteiger partial charge in [0.25, 0.3) is 11.4 Å². The second-order valence-corrected chi connectivity index (χ2v) is 6.73. The summed E-state index contributed by atoms with van der Waals surface area (Å²) in [4.78, 5) is 44.2. The van der Waals surface area contributed by atoms with Gasteiger partial charge >= 0.3 is 18.1 Å². The summed E-state index contributed by atoms with van der Waals surface area (Å²) in [5.74, 6) is -2.37. The summed E-state index contributed by atoms with van der Waals surface area (Å²) >= 11 is 0. The molecule has 0 N–H and O–H groups in total. The van der Waals surface area contributed by atoms with Crippen LogP contribution in [0.15, 0.2) is 48.5 Å². The van der Waals surface area contributed by atoms with Crippen molar-refractivity contribution < 1.29 is 42.1 Å². The van der Waals surface area contributed by atoms with Crippen LogP contribution >= 0.6 is 0 Å². The van der Waals surface area contributed by atoms with Crippen molar-refractivity contribution in [3.8, 4) is 0 Å². The topological polar surface area (TPSA) is 139 Å². The summed E-state index contributed by atoms with van der Waals surface area (Å²) in [6.07, 6.45) is -6.62. The van der Waals surface area contributed by atoms with Crippen LogP contribution < -0.4 is 0 Å². The SMILES string of the molecule is CC[C@@](CCOC(=O)c1ccc([N+](=O)[O-])cc1)(OC(=O)c1ccc([N+](=O)[O-])cc1)C(F)(F)F. The zero-order valence-corrected chi connectivity index (χ0v) is 17.0. The van der Waals surface area contributed by atoms with Gasteiger partial charge in [-0.05, 0) is 30.7 Å². The highest BCUT2D eigenvalue weighted by molar-refractivity contribution is 5.90. The van der Waals surface area contributed by atoms with Crippen LogP contribution in [-0.2, 0) is 9.47 Å². The molecule has 0 unspecified atom stereocenters. The predicted molar refractivity (Wildman–Crippen MR) is 106 cm³/mol. The first kappa shape index (κ1) is 25.2. The van der Waals surface area contributed by atoms with E-state index in [-0.39, 0.29) is 22.5 Å². The third-order valence-electron chi connectivity index (χ3n) is 4.74. The number of halogens is 3. The lowest BCUT2D eigenvalue weighted by Gasteiger charge is -2.34. The fourth-order valence-corrected chi connectivity index (χ4v) is 2.77. The van der Waals surface area contributed by atoms with E-state index in [9.17, 15) is 43.0 Å². The quantitative estimate of drug-likeness (QED) is 0.294. The van der Waals surface area contributed by atoms with Gasteiger partial charge in [-0.2, -0.15) is 13.2 Å². The van der Waals surface area contributed by atoms with Crippen LogP contribution in [0.3, 0.4) is 0 Å². The Hall–Kier alpha value is -4.03. The number of hydrogen-bond donors (Lipinski definition) is 0. The second kappa shape index (κ2) is 10.1. The maximum atomic E-state index is 13.8. The average Bonchev–Trinajstić information content (AvgIpc) is 2.77. The minimum absolute atomic E-state index is 0.113. The van der Waals surface area contributed by atoms with Crippen LogP contribution in [0.2, 0.25) is 0 Å². The molecule has 0 aliphatic rings. The van der Waals surface area contributed by atoms with Crippen LogP contribution in [0.1, 0.15) is 40.5 Å². The first-order chi connectivity index (χ1) is 15.4. The number of nitro benzene ring substituents is 2. The highest BCUT2D eigenvalue weighted by Gasteiger charge is 2.57. The van der Waals surface area contributed by atoms with Crippen molar-refractivity contribution in [3.63, 3.8) is 0 Å². The number of alkyl halides is 3. The summed E-state index contributed by atoms with van der Waals surface area (Å²) in [6.45, 7) is 0.367. The Morgan fingerprint density at radius 1 is 0.848 bits per heavy atom. The van der Waals surface area contributed by atoms with E-state index < -0.39 is 53.0 Å². The molecule has 2 aromatic carbocycles. The fraction of sp³-hybridized carbons (Fsp3) is 0.300. The van der Waals surface area contributed by atoms with Crippen molar-refractivity contribution in [1.82, 2.24) is 0 Å². The van der Waals surface area contributed by atoms with Gasteiger partial charge in [0, 0.05) is 30.7 Å². The zero-order valence-electron chi connectivity index (χ0n) is 17.0. The lowest BCUT2D eigenvalue weighted by atomic mass is 9.95. The Bertz CT molecular complexity index is 1040. The molecule has 2 aromatic rings. The number of esters is 2. The lowest BCUT2D eigenvalue weighted by Crippen LogP contribution is -2.49. The molecule has 0 aromatic heterocycles. The van der Waals surface area contributed by atoms with E-state index in [1.807, 2.05) is 0 Å². The highest BCUT2D eigenvalue weighted by atomic mass is 19.4. The monoisotopic (exact) mass is 470 g/mol. The van der Waals surface area contributed by atoms with E-state index in [1.165, 1.54) is 0 Å². The molecular weight excluding hydrogens is 453 g/mol. The van der Waals surface area contributed by atoms with Crippen molar-refractivity contribution in [2.75, 3.05) is 6.61 Å². The van der Waals surface area contributed by atoms with Crippen molar-refractivity contribution in [2.24, 2.45) is 0 Å². The third kappa shape index (κ3) is 6.02. The van der Waals surface area contributed by atoms with Crippen molar-refractivity contribution >= 4 is 23.3 Å². The van der Waals surface area contributed by atoms with E-state index in [1.54, 1.807) is 0 Å². The van der Waals surface area contributed by atoms with Crippen molar-refractivity contribution in [3.05, 3.63) is 79.9 Å². The molecular formula is C20H17F3N2O8. The van der Waals surface area contributed by atoms with Crippen LogP contribution in [0.5, 0.6) is 0 Å². The van der Waals surface area contributed by atoms with Crippen molar-refractivity contribution in [1.29, 1.82) is 0 Å². The van der Waals surface area contributed by atoms with E-state index in [0.717, 1.165) is 55.5 Å². The van der Waals surface area contributed by atoms with Gasteiger partial charge in [0.05, 0.1) is 27.6 Å². The highest BCUT2D eigenvalue weighted by Crippen LogP contribution is 2.40. The first-order valence-electron chi connectivity index (χ1n) is 9.36. The molecule has 1 atom stereocenters. The number of benzene rings is 2. The molecule has 0 bridgehead atoms. The minimum atomic E-state index is -5.02. The maximum Gasteiger partial charge on any atom is 0.428 e. The Balaban J connectivity index is 2.11. The molecule has 0 amide bonds. The van der Waals surface area contributed by atoms with E-state index in [0.29, 0.717) is 0 Å². The Labute approximate surface area is 184 Å². The lowest BCUT2D eigenvalue weighted by molar-refractivity contribution is -0.385. The first-order valence-corrected chi connectivity index (χ1v) is 9.36. The number of nitrogens with zero attached hydrogens (tertiary/aromatic N) is 2. The fourth-order valence-electron chi connectivity index (χ4n) is 2.77. The standard InChI is InChI=1S/C20H17F3N2O8/c1-2-19(20(21,22)23,33-18(27)14-5-9-16(10-6-14)25(30)31)11-12-32-17(26)13-3-7-15(8-4-13)24(28)29/h3-10H,2,11-12H2,1H3/t19-/m0/s1. The Morgan fingerprint density at radius 3 is 1.64 bits per heavy atom. The molecule has 2 rings (SSSR count). The van der Waals surface area contributed by atoms with Gasteiger partial charge in [0.1, 0.15) is 0 Å². The maximum absolute atomic E-state index is 13.8. The second-order valence-electron chi connectivity index (χ2n) is 6.73. The number of carbonyl (C=O) groups is 2. The van der Waals surface area contributed by atoms with E-state index in [2.05, 4.69) is 0 Å². The predicted octanol–water partition coefficient (Wildman–Crippen LogP) is 4.62. The molecule has 0 fully saturated rings. The molecule has 0 aliphatic heterocycles. The third-order valence-corrected chi connectivity index (χ3v) is 4.74. The number of nitro groups is 2. The van der Waals surface area contributed by atoms with Gasteiger partial charge in [-0.3, -0.25) is 20.2 Å². The number of non-ortho nitro benzene ring substituents is 2. The molecule has 33 heavy (non-hydrogen) atoms. The largest absolute Gasteiger partial charge is 0.462 e. The van der Waals surface area contributed by atoms with Gasteiger partial charge in [-0.15, -0.1) is 0 Å². The van der Waals surface area contributed by atoms with Gasteiger partial charge < -0.3 is 9.47 Å². The number of hydrogen-bond acceptors (Lipinski definition) is 8. The molecule has 13 heteroatoms. The molecule has 0 radical (unpaired) electrons. The van der Waals surface area contributed by atoms with Gasteiger partial charge in [-0.25, -0.2) is 9.59 Å². The molecule has 0 saturated heterocycles. The summed E-state index contributed by atoms with van der Waals surface area (Å²) in [5, 5.41) is 21.3. The molecule has 0 saturated carbocycles. The summed E-state index contributed by atoms with van der Waals surface area (Å²) < 4.78 is 51.1. The van der Waals surface area contributed by atoms with Crippen LogP contribution in [-0.4, -0.2) is 40.2 Å². The van der Waals surface area contributed by atoms with E-state index in [4.69, 9.17) is 9.47 Å². The van der Waals surface area contributed by atoms with Crippen molar-refractivity contribution in [2.45, 2.75) is 31.5 Å². The molecule has 10 nitrogen and oxygen atoms in total. The summed E-state index contributed by atoms with van der Waals surface area (Å²) in [6, 6.07) is 8.08. The smallest absolute Gasteiger partial charge is 0.428 e. The molecule has 0 aliphatic carbocycles.